The highest BCUT2D eigenvalue weighted by atomic mass is 35.5. The number of anilines is 2. The zero-order valence-corrected chi connectivity index (χ0v) is 23.6. The van der Waals surface area contributed by atoms with E-state index in [1.54, 1.807) is 12.1 Å². The van der Waals surface area contributed by atoms with E-state index < -0.39 is 23.2 Å². The lowest BCUT2D eigenvalue weighted by Crippen LogP contribution is -2.44. The number of morpholine rings is 1. The van der Waals surface area contributed by atoms with Gasteiger partial charge < -0.3 is 25.2 Å². The molecule has 1 amide bonds. The molecule has 0 saturated carbocycles. The molecule has 0 radical (unpaired) electrons. The van der Waals surface area contributed by atoms with E-state index in [9.17, 15) is 18.0 Å². The van der Waals surface area contributed by atoms with Crippen LogP contribution in [-0.4, -0.2) is 81.4 Å². The quantitative estimate of drug-likeness (QED) is 0.495. The summed E-state index contributed by atoms with van der Waals surface area (Å²) >= 11 is 6.85. The van der Waals surface area contributed by atoms with E-state index >= 15 is 0 Å². The second kappa shape index (κ2) is 12.3. The van der Waals surface area contributed by atoms with Gasteiger partial charge in [-0.05, 0) is 42.4 Å². The summed E-state index contributed by atoms with van der Waals surface area (Å²) in [7, 11) is 2.03. The fourth-order valence-corrected chi connectivity index (χ4v) is 5.46. The summed E-state index contributed by atoms with van der Waals surface area (Å²) < 4.78 is 46.9. The predicted octanol–water partition coefficient (Wildman–Crippen LogP) is 5.02. The first-order chi connectivity index (χ1) is 19.6. The maximum Gasteiger partial charge on any atom is 0.417 e. The topological polar surface area (TPSA) is 60.1 Å². The molecule has 41 heavy (non-hydrogen) atoms. The number of nitrogens with zero attached hydrogens (tertiary/aromatic N) is 3. The molecule has 218 valence electrons. The number of alkyl halides is 3. The Morgan fingerprint density at radius 3 is 2.54 bits per heavy atom. The van der Waals surface area contributed by atoms with Crippen LogP contribution in [0.4, 0.5) is 24.5 Å². The van der Waals surface area contributed by atoms with Gasteiger partial charge in [-0.25, -0.2) is 0 Å². The predicted molar refractivity (Wildman–Crippen MR) is 156 cm³/mol. The van der Waals surface area contributed by atoms with Gasteiger partial charge in [-0.15, -0.1) is 0 Å². The molecule has 3 heterocycles. The number of halogens is 4. The van der Waals surface area contributed by atoms with Crippen LogP contribution >= 0.6 is 11.6 Å². The Hall–Kier alpha value is -3.31. The molecule has 0 atom stereocenters. The molecule has 7 nitrogen and oxygen atoms in total. The molecule has 5 rings (SSSR count). The molecular formula is C30H33ClF3N5O2. The van der Waals surface area contributed by atoms with Crippen LogP contribution in [0.5, 0.6) is 0 Å². The largest absolute Gasteiger partial charge is 0.417 e. The summed E-state index contributed by atoms with van der Waals surface area (Å²) in [5.41, 5.74) is 2.18. The minimum absolute atomic E-state index is 0.0535. The molecule has 0 unspecified atom stereocenters. The van der Waals surface area contributed by atoms with Crippen molar-refractivity contribution in [1.82, 2.24) is 15.1 Å². The molecule has 2 N–H and O–H groups in total. The average Bonchev–Trinajstić information content (AvgIpc) is 2.94. The van der Waals surface area contributed by atoms with Crippen LogP contribution in [0.1, 0.15) is 5.56 Å². The van der Waals surface area contributed by atoms with E-state index in [4.69, 9.17) is 16.3 Å². The molecule has 2 aromatic carbocycles. The van der Waals surface area contributed by atoms with Crippen molar-refractivity contribution < 1.29 is 22.7 Å². The Morgan fingerprint density at radius 1 is 1.10 bits per heavy atom. The number of carbonyl (C=O) groups is 1. The maximum atomic E-state index is 13.8. The van der Waals surface area contributed by atoms with Crippen LogP contribution < -0.4 is 15.5 Å². The fourth-order valence-electron chi connectivity index (χ4n) is 5.20. The molecule has 2 fully saturated rings. The van der Waals surface area contributed by atoms with Crippen LogP contribution in [-0.2, 0) is 16.1 Å². The first-order valence-corrected chi connectivity index (χ1v) is 13.9. The Kier molecular flexibility index (Phi) is 8.74. The van der Waals surface area contributed by atoms with E-state index in [1.165, 1.54) is 0 Å². The maximum absolute atomic E-state index is 13.8. The summed E-state index contributed by atoms with van der Waals surface area (Å²) in [6.07, 6.45) is -2.84. The van der Waals surface area contributed by atoms with Gasteiger partial charge in [0, 0.05) is 63.3 Å². The molecular weight excluding hydrogens is 555 g/mol. The summed E-state index contributed by atoms with van der Waals surface area (Å²) in [6, 6.07) is 11.6. The zero-order valence-electron chi connectivity index (χ0n) is 22.9. The van der Waals surface area contributed by atoms with E-state index in [0.717, 1.165) is 56.1 Å². The second-order valence-electron chi connectivity index (χ2n) is 10.5. The van der Waals surface area contributed by atoms with E-state index in [0.29, 0.717) is 48.3 Å². The third kappa shape index (κ3) is 6.95. The van der Waals surface area contributed by atoms with Crippen molar-refractivity contribution in [3.63, 3.8) is 0 Å². The van der Waals surface area contributed by atoms with Gasteiger partial charge in [-0.2, -0.15) is 13.2 Å². The lowest BCUT2D eigenvalue weighted by Gasteiger charge is -2.35. The molecule has 2 saturated heterocycles. The van der Waals surface area contributed by atoms with Crippen molar-refractivity contribution in [3.05, 3.63) is 82.7 Å². The Labute approximate surface area is 242 Å². The number of piperazine rings is 1. The Bertz CT molecular complexity index is 1380. The van der Waals surface area contributed by atoms with Crippen LogP contribution in [0.15, 0.2) is 72.1 Å². The van der Waals surface area contributed by atoms with Crippen LogP contribution in [0, 0.1) is 0 Å². The molecule has 0 aliphatic carbocycles. The number of hydrogen-bond acceptors (Lipinski definition) is 6. The van der Waals surface area contributed by atoms with Crippen LogP contribution in [0.25, 0.3) is 11.1 Å². The third-order valence-electron chi connectivity index (χ3n) is 7.49. The Balaban J connectivity index is 1.49. The normalized spacial score (nSPS) is 19.0. The van der Waals surface area contributed by atoms with Gasteiger partial charge in [0.05, 0.1) is 40.8 Å². The second-order valence-corrected chi connectivity index (χ2v) is 10.9. The Morgan fingerprint density at radius 2 is 1.83 bits per heavy atom. The first kappa shape index (κ1) is 29.2. The molecule has 3 aliphatic rings. The number of dihydropyridines is 1. The standard InChI is InChI=1S/C30H33ClF3N5O2/c1-20-14-25(30(32,33)34)24(18-35-20)29(40)36-27-16-23(26(31)17-28(27)39-8-6-37(2)7-9-39)22-5-3-4-21(15-22)19-38-10-12-41-13-11-38/h3-5,14-18,35H,1,6-13,19H2,2H3,(H,36,40). The zero-order chi connectivity index (χ0) is 29.1. The van der Waals surface area contributed by atoms with Crippen molar-refractivity contribution >= 4 is 28.9 Å². The van der Waals surface area contributed by atoms with Crippen LogP contribution in [0.2, 0.25) is 5.02 Å². The van der Waals surface area contributed by atoms with Crippen molar-refractivity contribution in [1.29, 1.82) is 0 Å². The number of nitrogens with one attached hydrogen (secondary N) is 2. The van der Waals surface area contributed by atoms with Crippen LogP contribution in [0.3, 0.4) is 0 Å². The van der Waals surface area contributed by atoms with Gasteiger partial charge in [0.1, 0.15) is 0 Å². The molecule has 3 aliphatic heterocycles. The SMILES string of the molecule is C=C1C=C(C(F)(F)F)C(C(=O)Nc2cc(-c3cccc(CN4CCOCC4)c3)c(Cl)cc2N2CCN(C)CC2)=CN1. The summed E-state index contributed by atoms with van der Waals surface area (Å²) in [6.45, 7) is 10.4. The number of amides is 1. The summed E-state index contributed by atoms with van der Waals surface area (Å²) in [5, 5.41) is 5.89. The minimum atomic E-state index is -4.72. The monoisotopic (exact) mass is 587 g/mol. The smallest absolute Gasteiger partial charge is 0.379 e. The van der Waals surface area contributed by atoms with E-state index in [2.05, 4.69) is 44.0 Å². The number of ether oxygens (including phenoxy) is 1. The summed E-state index contributed by atoms with van der Waals surface area (Å²) in [4.78, 5) is 20.0. The van der Waals surface area contributed by atoms with Crippen molar-refractivity contribution in [2.75, 3.05) is 69.7 Å². The minimum Gasteiger partial charge on any atom is -0.379 e. The van der Waals surface area contributed by atoms with Crippen molar-refractivity contribution in [3.8, 4) is 11.1 Å². The number of rotatable bonds is 6. The third-order valence-corrected chi connectivity index (χ3v) is 7.80. The number of hydrogen-bond donors (Lipinski definition) is 2. The molecule has 2 aromatic rings. The average molecular weight is 588 g/mol. The number of likely N-dealkylation sites (N-methyl/N-ethyl adjacent to an activating group) is 1. The number of carbonyl (C=O) groups excluding carboxylic acids is 1. The molecule has 0 bridgehead atoms. The number of allylic oxidation sites excluding steroid dienone is 1. The number of benzene rings is 2. The lowest BCUT2D eigenvalue weighted by molar-refractivity contribution is -0.115. The van der Waals surface area contributed by atoms with Crippen molar-refractivity contribution in [2.45, 2.75) is 12.7 Å². The van der Waals surface area contributed by atoms with Gasteiger partial charge in [-0.3, -0.25) is 9.69 Å². The van der Waals surface area contributed by atoms with Crippen molar-refractivity contribution in [2.24, 2.45) is 0 Å². The highest BCUT2D eigenvalue weighted by Crippen LogP contribution is 2.40. The van der Waals surface area contributed by atoms with E-state index in [1.807, 2.05) is 19.2 Å². The highest BCUT2D eigenvalue weighted by molar-refractivity contribution is 6.34. The molecule has 11 heteroatoms. The molecule has 0 aromatic heterocycles. The van der Waals surface area contributed by atoms with Gasteiger partial charge >= 0.3 is 6.18 Å². The van der Waals surface area contributed by atoms with E-state index in [-0.39, 0.29) is 5.70 Å². The van der Waals surface area contributed by atoms with Gasteiger partial charge in [0.25, 0.3) is 5.91 Å². The highest BCUT2D eigenvalue weighted by Gasteiger charge is 2.40. The lowest BCUT2D eigenvalue weighted by atomic mass is 9.99. The van der Waals surface area contributed by atoms with Gasteiger partial charge in [-0.1, -0.05) is 36.4 Å². The molecule has 0 spiro atoms. The summed E-state index contributed by atoms with van der Waals surface area (Å²) in [5.74, 6) is -0.877. The first-order valence-electron chi connectivity index (χ1n) is 13.5. The fraction of sp³-hybridized carbons (Fsp3) is 0.367. The van der Waals surface area contributed by atoms with Gasteiger partial charge in [0.2, 0.25) is 0 Å². The van der Waals surface area contributed by atoms with Gasteiger partial charge in [0.15, 0.2) is 0 Å².